The molecule has 0 unspecified atom stereocenters. The van der Waals surface area contributed by atoms with Crippen LogP contribution >= 0.6 is 11.3 Å². The van der Waals surface area contributed by atoms with Crippen LogP contribution in [-0.4, -0.2) is 16.0 Å². The molecule has 4 rings (SSSR count). The number of azo groups is 1. The van der Waals surface area contributed by atoms with Crippen molar-refractivity contribution < 1.29 is 9.90 Å². The van der Waals surface area contributed by atoms with Crippen LogP contribution in [0.25, 0.3) is 10.9 Å². The number of hydrogen-bond donors (Lipinski definition) is 2. The predicted octanol–water partition coefficient (Wildman–Crippen LogP) is 5.68. The molecule has 3 aromatic rings. The van der Waals surface area contributed by atoms with Gasteiger partial charge < -0.3 is 10.1 Å². The summed E-state index contributed by atoms with van der Waals surface area (Å²) in [6, 6.07) is 7.67. The van der Waals surface area contributed by atoms with Gasteiger partial charge in [0.05, 0.1) is 10.4 Å². The van der Waals surface area contributed by atoms with Crippen LogP contribution in [0.3, 0.4) is 0 Å². The van der Waals surface area contributed by atoms with E-state index in [9.17, 15) is 9.90 Å². The Hall–Kier alpha value is -2.47. The highest BCUT2D eigenvalue weighted by molar-refractivity contribution is 7.14. The standard InChI is InChI=1S/C20H21N3O2S/c1-3-12-7-8-15-13(9-12)10-16(26-15)19(24)23-22-18-14-6-4-5-11(2)17(14)21-20(18)25/h4-6,10,12,21,25H,3,7-9H2,1-2H3/t12-/m1/s1. The smallest absolute Gasteiger partial charge is 0.305 e. The Morgan fingerprint density at radius 2 is 2.27 bits per heavy atom. The molecule has 6 heteroatoms. The molecular formula is C20H21N3O2S. The van der Waals surface area contributed by atoms with E-state index in [0.29, 0.717) is 16.5 Å². The van der Waals surface area contributed by atoms with Gasteiger partial charge in [-0.1, -0.05) is 31.5 Å². The lowest BCUT2D eigenvalue weighted by atomic mass is 9.87. The number of aromatic hydroxyl groups is 1. The van der Waals surface area contributed by atoms with Crippen LogP contribution in [0.2, 0.25) is 0 Å². The minimum absolute atomic E-state index is 0.0675. The van der Waals surface area contributed by atoms with Crippen molar-refractivity contribution in [2.45, 2.75) is 39.5 Å². The lowest BCUT2D eigenvalue weighted by molar-refractivity contribution is 0.0999. The zero-order valence-electron chi connectivity index (χ0n) is 14.9. The summed E-state index contributed by atoms with van der Waals surface area (Å²) in [5.41, 5.74) is 3.41. The molecule has 0 aliphatic heterocycles. The fourth-order valence-electron chi connectivity index (χ4n) is 3.64. The van der Waals surface area contributed by atoms with Gasteiger partial charge in [-0.2, -0.15) is 0 Å². The Kier molecular flexibility index (Phi) is 4.36. The van der Waals surface area contributed by atoms with Crippen molar-refractivity contribution in [2.75, 3.05) is 0 Å². The molecule has 0 spiro atoms. The topological polar surface area (TPSA) is 77.8 Å². The van der Waals surface area contributed by atoms with Crippen molar-refractivity contribution in [1.82, 2.24) is 4.98 Å². The largest absolute Gasteiger partial charge is 0.493 e. The Labute approximate surface area is 155 Å². The third kappa shape index (κ3) is 2.94. The van der Waals surface area contributed by atoms with Gasteiger partial charge in [0.1, 0.15) is 0 Å². The van der Waals surface area contributed by atoms with E-state index in [1.165, 1.54) is 34.6 Å². The number of benzene rings is 1. The van der Waals surface area contributed by atoms with Crippen LogP contribution in [-0.2, 0) is 12.8 Å². The third-order valence-corrected chi connectivity index (χ3v) is 6.43. The number of hydrogen-bond acceptors (Lipinski definition) is 4. The summed E-state index contributed by atoms with van der Waals surface area (Å²) in [5.74, 6) is 0.300. The van der Waals surface area contributed by atoms with Crippen LogP contribution in [0.4, 0.5) is 5.69 Å². The van der Waals surface area contributed by atoms with Gasteiger partial charge in [0.25, 0.3) is 0 Å². The van der Waals surface area contributed by atoms with Crippen LogP contribution in [0.15, 0.2) is 34.5 Å². The SMILES string of the molecule is CC[C@@H]1CCc2sc(C(=O)N=Nc3c(O)[nH]c4c(C)cccc34)cc2C1. The molecule has 1 aromatic carbocycles. The van der Waals surface area contributed by atoms with Crippen molar-refractivity contribution in [1.29, 1.82) is 0 Å². The fourth-order valence-corrected chi connectivity index (χ4v) is 4.72. The molecule has 1 amide bonds. The number of fused-ring (bicyclic) bond motifs is 2. The molecule has 26 heavy (non-hydrogen) atoms. The Morgan fingerprint density at radius 1 is 1.42 bits per heavy atom. The van der Waals surface area contributed by atoms with E-state index in [4.69, 9.17) is 0 Å². The van der Waals surface area contributed by atoms with Gasteiger partial charge in [-0.05, 0) is 49.3 Å². The van der Waals surface area contributed by atoms with Crippen LogP contribution < -0.4 is 0 Å². The monoisotopic (exact) mass is 367 g/mol. The van der Waals surface area contributed by atoms with E-state index >= 15 is 0 Å². The Morgan fingerprint density at radius 3 is 3.08 bits per heavy atom. The quantitative estimate of drug-likeness (QED) is 0.584. The molecule has 2 N–H and O–H groups in total. The van der Waals surface area contributed by atoms with E-state index < -0.39 is 0 Å². The van der Waals surface area contributed by atoms with E-state index in [1.807, 2.05) is 31.2 Å². The minimum atomic E-state index is -0.348. The maximum atomic E-state index is 12.5. The lowest BCUT2D eigenvalue weighted by Crippen LogP contribution is -2.10. The first-order valence-corrected chi connectivity index (χ1v) is 9.76. The van der Waals surface area contributed by atoms with Crippen LogP contribution in [0.5, 0.6) is 5.88 Å². The number of amides is 1. The number of thiophene rings is 1. The summed E-state index contributed by atoms with van der Waals surface area (Å²) in [7, 11) is 0. The third-order valence-electron chi connectivity index (χ3n) is 5.21. The maximum Gasteiger partial charge on any atom is 0.305 e. The minimum Gasteiger partial charge on any atom is -0.493 e. The highest BCUT2D eigenvalue weighted by atomic mass is 32.1. The summed E-state index contributed by atoms with van der Waals surface area (Å²) in [5, 5.41) is 18.8. The number of aromatic amines is 1. The molecule has 5 nitrogen and oxygen atoms in total. The first-order valence-electron chi connectivity index (χ1n) is 8.94. The average Bonchev–Trinajstić information content (AvgIpc) is 3.20. The molecule has 134 valence electrons. The molecule has 0 bridgehead atoms. The van der Waals surface area contributed by atoms with Crippen molar-refractivity contribution >= 4 is 33.8 Å². The number of aryl methyl sites for hydroxylation is 2. The summed E-state index contributed by atoms with van der Waals surface area (Å²) < 4.78 is 0. The first kappa shape index (κ1) is 17.0. The highest BCUT2D eigenvalue weighted by Crippen LogP contribution is 2.37. The molecule has 0 saturated heterocycles. The van der Waals surface area contributed by atoms with Gasteiger partial charge in [-0.15, -0.1) is 21.6 Å². The number of aromatic nitrogens is 1. The molecule has 1 aliphatic carbocycles. The molecule has 0 saturated carbocycles. The van der Waals surface area contributed by atoms with E-state index in [0.717, 1.165) is 29.3 Å². The first-order chi connectivity index (χ1) is 12.6. The second-order valence-corrected chi connectivity index (χ2v) is 8.04. The summed E-state index contributed by atoms with van der Waals surface area (Å²) in [6.45, 7) is 4.17. The average molecular weight is 367 g/mol. The van der Waals surface area contributed by atoms with E-state index in [1.54, 1.807) is 0 Å². The number of nitrogens with one attached hydrogen (secondary N) is 1. The molecule has 0 radical (unpaired) electrons. The number of H-pyrrole nitrogens is 1. The lowest BCUT2D eigenvalue weighted by Gasteiger charge is -2.19. The Bertz CT molecular complexity index is 1020. The molecule has 1 atom stereocenters. The van der Waals surface area contributed by atoms with Crippen molar-refractivity contribution in [3.05, 3.63) is 45.1 Å². The van der Waals surface area contributed by atoms with Crippen molar-refractivity contribution in [2.24, 2.45) is 16.1 Å². The molecule has 0 fully saturated rings. The Balaban J connectivity index is 1.60. The number of rotatable bonds is 3. The zero-order valence-corrected chi connectivity index (χ0v) is 15.7. The van der Waals surface area contributed by atoms with Crippen LogP contribution in [0.1, 0.15) is 45.4 Å². The second kappa shape index (κ2) is 6.68. The maximum absolute atomic E-state index is 12.5. The van der Waals surface area contributed by atoms with Gasteiger partial charge in [-0.25, -0.2) is 0 Å². The van der Waals surface area contributed by atoms with Crippen molar-refractivity contribution in [3.63, 3.8) is 0 Å². The fraction of sp³-hybridized carbons (Fsp3) is 0.350. The normalized spacial score (nSPS) is 17.1. The zero-order chi connectivity index (χ0) is 18.3. The number of carbonyl (C=O) groups excluding carboxylic acids is 1. The van der Waals surface area contributed by atoms with E-state index in [2.05, 4.69) is 22.1 Å². The van der Waals surface area contributed by atoms with Gasteiger partial charge >= 0.3 is 5.91 Å². The number of para-hydroxylation sites is 1. The summed E-state index contributed by atoms with van der Waals surface area (Å²) >= 11 is 1.53. The summed E-state index contributed by atoms with van der Waals surface area (Å²) in [6.07, 6.45) is 4.47. The van der Waals surface area contributed by atoms with Crippen LogP contribution in [0, 0.1) is 12.8 Å². The molecule has 2 aromatic heterocycles. The molecule has 2 heterocycles. The van der Waals surface area contributed by atoms with E-state index in [-0.39, 0.29) is 11.8 Å². The van der Waals surface area contributed by atoms with Gasteiger partial charge in [0, 0.05) is 10.3 Å². The van der Waals surface area contributed by atoms with Gasteiger partial charge in [0.15, 0.2) is 5.69 Å². The number of nitrogens with zero attached hydrogens (tertiary/aromatic N) is 2. The molecular weight excluding hydrogens is 346 g/mol. The molecule has 1 aliphatic rings. The van der Waals surface area contributed by atoms with Gasteiger partial charge in [-0.3, -0.25) is 4.79 Å². The van der Waals surface area contributed by atoms with Crippen molar-refractivity contribution in [3.8, 4) is 5.88 Å². The summed E-state index contributed by atoms with van der Waals surface area (Å²) in [4.78, 5) is 17.3. The number of carbonyl (C=O) groups is 1. The highest BCUT2D eigenvalue weighted by Gasteiger charge is 2.22. The second-order valence-electron chi connectivity index (χ2n) is 6.90. The van der Waals surface area contributed by atoms with Gasteiger partial charge in [0.2, 0.25) is 5.88 Å². The predicted molar refractivity (Wildman–Crippen MR) is 104 cm³/mol.